The maximum absolute atomic E-state index is 12.1. The molecule has 2 atom stereocenters. The second-order valence-corrected chi connectivity index (χ2v) is 6.39. The van der Waals surface area contributed by atoms with Gasteiger partial charge in [-0.25, -0.2) is 0 Å². The highest BCUT2D eigenvalue weighted by Gasteiger charge is 2.30. The quantitative estimate of drug-likeness (QED) is 0.748. The Morgan fingerprint density at radius 2 is 1.90 bits per heavy atom. The molecule has 2 aliphatic heterocycles. The number of rotatable bonds is 1. The Labute approximate surface area is 128 Å². The van der Waals surface area contributed by atoms with Gasteiger partial charge in [0.25, 0.3) is 5.91 Å². The van der Waals surface area contributed by atoms with Crippen molar-refractivity contribution in [1.82, 2.24) is 4.90 Å². The molecule has 0 aliphatic carbocycles. The van der Waals surface area contributed by atoms with Gasteiger partial charge in [-0.2, -0.15) is 4.99 Å². The van der Waals surface area contributed by atoms with Crippen LogP contribution in [0, 0.1) is 0 Å². The molecule has 2 heterocycles. The molecule has 0 bridgehead atoms. The molecule has 2 unspecified atom stereocenters. The van der Waals surface area contributed by atoms with E-state index in [1.807, 2.05) is 50.3 Å². The number of benzene rings is 1. The normalized spacial score (nSPS) is 28.1. The smallest absolute Gasteiger partial charge is 0.286 e. The molecule has 4 nitrogen and oxygen atoms in total. The standard InChI is InChI=1S/C16H18N2O2S/c1-11-9-18(10-12(2)20-11)16-17-15(19)14(21-16)8-13-6-4-3-5-7-13/h3-8,11-12H,9-10H2,1-2H3. The number of carbonyl (C=O) groups excluding carboxylic acids is 1. The number of amides is 1. The van der Waals surface area contributed by atoms with E-state index in [0.29, 0.717) is 4.91 Å². The predicted molar refractivity (Wildman–Crippen MR) is 86.0 cm³/mol. The van der Waals surface area contributed by atoms with E-state index in [0.717, 1.165) is 23.8 Å². The van der Waals surface area contributed by atoms with Crippen LogP contribution in [-0.4, -0.2) is 41.3 Å². The summed E-state index contributed by atoms with van der Waals surface area (Å²) in [5.74, 6) is -0.148. The van der Waals surface area contributed by atoms with Crippen molar-refractivity contribution in [2.24, 2.45) is 4.99 Å². The van der Waals surface area contributed by atoms with E-state index in [1.165, 1.54) is 11.8 Å². The van der Waals surface area contributed by atoms with Gasteiger partial charge in [0.1, 0.15) is 0 Å². The Balaban J connectivity index is 1.74. The number of thioether (sulfide) groups is 1. The fraction of sp³-hybridized carbons (Fsp3) is 0.375. The Morgan fingerprint density at radius 3 is 2.57 bits per heavy atom. The molecule has 0 aromatic heterocycles. The van der Waals surface area contributed by atoms with Gasteiger partial charge in [0.05, 0.1) is 17.1 Å². The largest absolute Gasteiger partial charge is 0.372 e. The molecule has 0 radical (unpaired) electrons. The fourth-order valence-electron chi connectivity index (χ4n) is 2.57. The Kier molecular flexibility index (Phi) is 4.12. The minimum Gasteiger partial charge on any atom is -0.372 e. The zero-order valence-electron chi connectivity index (χ0n) is 12.2. The first kappa shape index (κ1) is 14.4. The molecular weight excluding hydrogens is 284 g/mol. The van der Waals surface area contributed by atoms with E-state index in [2.05, 4.69) is 9.89 Å². The molecule has 5 heteroatoms. The van der Waals surface area contributed by atoms with Crippen LogP contribution in [0.5, 0.6) is 0 Å². The number of hydrogen-bond acceptors (Lipinski definition) is 4. The lowest BCUT2D eigenvalue weighted by molar-refractivity contribution is -0.113. The second-order valence-electron chi connectivity index (χ2n) is 5.38. The van der Waals surface area contributed by atoms with Crippen molar-refractivity contribution in [3.8, 4) is 0 Å². The summed E-state index contributed by atoms with van der Waals surface area (Å²) in [6, 6.07) is 9.85. The number of aliphatic imine (C=N–C) groups is 1. The molecule has 2 aliphatic rings. The van der Waals surface area contributed by atoms with Gasteiger partial charge < -0.3 is 9.64 Å². The van der Waals surface area contributed by atoms with Crippen LogP contribution in [0.25, 0.3) is 6.08 Å². The summed E-state index contributed by atoms with van der Waals surface area (Å²) < 4.78 is 5.72. The van der Waals surface area contributed by atoms with Gasteiger partial charge in [-0.3, -0.25) is 4.79 Å². The van der Waals surface area contributed by atoms with Crippen LogP contribution in [-0.2, 0) is 9.53 Å². The first-order chi connectivity index (χ1) is 10.1. The van der Waals surface area contributed by atoms with Gasteiger partial charge in [0.15, 0.2) is 5.17 Å². The average Bonchev–Trinajstić information content (AvgIpc) is 2.80. The zero-order valence-corrected chi connectivity index (χ0v) is 13.0. The van der Waals surface area contributed by atoms with Crippen LogP contribution in [0.3, 0.4) is 0 Å². The van der Waals surface area contributed by atoms with Crippen molar-refractivity contribution in [2.75, 3.05) is 13.1 Å². The highest BCUT2D eigenvalue weighted by Crippen LogP contribution is 2.31. The van der Waals surface area contributed by atoms with E-state index in [1.54, 1.807) is 0 Å². The van der Waals surface area contributed by atoms with Crippen LogP contribution in [0.2, 0.25) is 0 Å². The van der Waals surface area contributed by atoms with Crippen LogP contribution in [0.15, 0.2) is 40.2 Å². The molecule has 1 saturated heterocycles. The third kappa shape index (κ3) is 3.36. The molecule has 21 heavy (non-hydrogen) atoms. The van der Waals surface area contributed by atoms with Crippen LogP contribution in [0.1, 0.15) is 19.4 Å². The minimum absolute atomic E-state index is 0.148. The summed E-state index contributed by atoms with van der Waals surface area (Å²) in [5, 5.41) is 0.796. The topological polar surface area (TPSA) is 41.9 Å². The summed E-state index contributed by atoms with van der Waals surface area (Å²) in [6.07, 6.45) is 2.22. The van der Waals surface area contributed by atoms with E-state index in [9.17, 15) is 4.79 Å². The lowest BCUT2D eigenvalue weighted by Crippen LogP contribution is -2.47. The summed E-state index contributed by atoms with van der Waals surface area (Å²) in [5.41, 5.74) is 1.02. The number of nitrogens with zero attached hydrogens (tertiary/aromatic N) is 2. The van der Waals surface area contributed by atoms with Crippen molar-refractivity contribution >= 4 is 28.9 Å². The fourth-order valence-corrected chi connectivity index (χ4v) is 3.50. The number of carbonyl (C=O) groups is 1. The van der Waals surface area contributed by atoms with Crippen molar-refractivity contribution in [1.29, 1.82) is 0 Å². The lowest BCUT2D eigenvalue weighted by atomic mass is 10.2. The minimum atomic E-state index is -0.148. The van der Waals surface area contributed by atoms with Gasteiger partial charge in [-0.15, -0.1) is 0 Å². The maximum atomic E-state index is 12.1. The Bertz CT molecular complexity index is 588. The van der Waals surface area contributed by atoms with E-state index in [4.69, 9.17) is 4.74 Å². The van der Waals surface area contributed by atoms with Crippen LogP contribution in [0.4, 0.5) is 0 Å². The third-order valence-electron chi connectivity index (χ3n) is 3.40. The molecule has 3 rings (SSSR count). The summed E-state index contributed by atoms with van der Waals surface area (Å²) in [6.45, 7) is 5.65. The monoisotopic (exact) mass is 302 g/mol. The Hall–Kier alpha value is -1.59. The summed E-state index contributed by atoms with van der Waals surface area (Å²) >= 11 is 1.46. The zero-order chi connectivity index (χ0) is 14.8. The first-order valence-electron chi connectivity index (χ1n) is 7.10. The second kappa shape index (κ2) is 6.03. The van der Waals surface area contributed by atoms with Gasteiger partial charge in [-0.1, -0.05) is 30.3 Å². The van der Waals surface area contributed by atoms with E-state index >= 15 is 0 Å². The first-order valence-corrected chi connectivity index (χ1v) is 7.91. The molecular formula is C16H18N2O2S. The third-order valence-corrected chi connectivity index (χ3v) is 4.44. The van der Waals surface area contributed by atoms with E-state index < -0.39 is 0 Å². The molecule has 1 amide bonds. The highest BCUT2D eigenvalue weighted by atomic mass is 32.2. The molecule has 110 valence electrons. The summed E-state index contributed by atoms with van der Waals surface area (Å²) in [7, 11) is 0. The highest BCUT2D eigenvalue weighted by molar-refractivity contribution is 8.18. The van der Waals surface area contributed by atoms with Gasteiger partial charge >= 0.3 is 0 Å². The molecule has 1 aromatic rings. The average molecular weight is 302 g/mol. The molecule has 0 saturated carbocycles. The van der Waals surface area contributed by atoms with E-state index in [-0.39, 0.29) is 18.1 Å². The number of morpholine rings is 1. The Morgan fingerprint density at radius 1 is 1.24 bits per heavy atom. The molecule has 0 spiro atoms. The molecule has 0 N–H and O–H groups in total. The lowest BCUT2D eigenvalue weighted by Gasteiger charge is -2.35. The van der Waals surface area contributed by atoms with Gasteiger partial charge in [-0.05, 0) is 37.2 Å². The summed E-state index contributed by atoms with van der Waals surface area (Å²) in [4.78, 5) is 19.1. The van der Waals surface area contributed by atoms with Crippen LogP contribution < -0.4 is 0 Å². The number of amidine groups is 1. The van der Waals surface area contributed by atoms with Gasteiger partial charge in [0.2, 0.25) is 0 Å². The predicted octanol–water partition coefficient (Wildman–Crippen LogP) is 2.77. The van der Waals surface area contributed by atoms with Crippen molar-refractivity contribution in [3.63, 3.8) is 0 Å². The number of ether oxygens (including phenoxy) is 1. The van der Waals surface area contributed by atoms with Crippen molar-refractivity contribution in [2.45, 2.75) is 26.1 Å². The van der Waals surface area contributed by atoms with Crippen LogP contribution >= 0.6 is 11.8 Å². The SMILES string of the molecule is CC1CN(C2=NC(=O)C(=Cc3ccccc3)S2)CC(C)O1. The van der Waals surface area contributed by atoms with Gasteiger partial charge in [0, 0.05) is 13.1 Å². The number of hydrogen-bond donors (Lipinski definition) is 0. The molecule has 1 aromatic carbocycles. The van der Waals surface area contributed by atoms with Crippen molar-refractivity contribution in [3.05, 3.63) is 40.8 Å². The molecule has 1 fully saturated rings. The maximum Gasteiger partial charge on any atom is 0.286 e. The van der Waals surface area contributed by atoms with Crippen molar-refractivity contribution < 1.29 is 9.53 Å².